The highest BCUT2D eigenvalue weighted by atomic mass is 35.5. The van der Waals surface area contributed by atoms with Gasteiger partial charge in [0, 0.05) is 17.5 Å². The Hall–Kier alpha value is -1.43. The lowest BCUT2D eigenvalue weighted by Crippen LogP contribution is -2.24. The Balaban J connectivity index is 0.00000161. The number of aryl methyl sites for hydroxylation is 1. The molecule has 0 spiro atoms. The summed E-state index contributed by atoms with van der Waals surface area (Å²) in [6.07, 6.45) is 0.905. The fraction of sp³-hybridized carbons (Fsp3) is 0.333. The van der Waals surface area contributed by atoms with Gasteiger partial charge in [-0.1, -0.05) is 24.3 Å². The second kappa shape index (κ2) is 7.02. The molecule has 1 aliphatic rings. The molecule has 112 valence electrons. The maximum atomic E-state index is 12.0. The largest absolute Gasteiger partial charge is 0.316 e. The third-order valence-electron chi connectivity index (χ3n) is 3.59. The predicted molar refractivity (Wildman–Crippen MR) is 89.1 cm³/mol. The number of carbonyl (C=O) groups is 1. The van der Waals surface area contributed by atoms with Gasteiger partial charge in [0.05, 0.1) is 11.6 Å². The van der Waals surface area contributed by atoms with Crippen LogP contribution < -0.4 is 10.6 Å². The number of hydrogen-bond acceptors (Lipinski definition) is 4. The molecule has 1 unspecified atom stereocenters. The lowest BCUT2D eigenvalue weighted by Gasteiger charge is -2.06. The lowest BCUT2D eigenvalue weighted by atomic mass is 10.1. The average molecular weight is 324 g/mol. The van der Waals surface area contributed by atoms with Gasteiger partial charge in [-0.25, -0.2) is 4.98 Å². The molecule has 6 heteroatoms. The molecule has 0 bridgehead atoms. The maximum Gasteiger partial charge on any atom is 0.230 e. The summed E-state index contributed by atoms with van der Waals surface area (Å²) in [4.78, 5) is 16.6. The van der Waals surface area contributed by atoms with Crippen LogP contribution in [0.5, 0.6) is 0 Å². The first-order valence-electron chi connectivity index (χ1n) is 6.77. The van der Waals surface area contributed by atoms with Crippen molar-refractivity contribution in [1.82, 2.24) is 10.3 Å². The molecule has 1 aromatic heterocycles. The Kier molecular flexibility index (Phi) is 5.33. The molecule has 1 aliphatic heterocycles. The summed E-state index contributed by atoms with van der Waals surface area (Å²) in [5, 5.41) is 8.79. The number of thiazole rings is 1. The zero-order valence-electron chi connectivity index (χ0n) is 11.8. The van der Waals surface area contributed by atoms with Crippen LogP contribution in [0.2, 0.25) is 0 Å². The molecule has 21 heavy (non-hydrogen) atoms. The number of benzene rings is 1. The van der Waals surface area contributed by atoms with Gasteiger partial charge in [-0.15, -0.1) is 23.7 Å². The van der Waals surface area contributed by atoms with Gasteiger partial charge in [-0.3, -0.25) is 4.79 Å². The average Bonchev–Trinajstić information content (AvgIpc) is 3.10. The first kappa shape index (κ1) is 15.9. The Morgan fingerprint density at radius 1 is 1.43 bits per heavy atom. The van der Waals surface area contributed by atoms with Crippen LogP contribution in [0.4, 0.5) is 5.13 Å². The van der Waals surface area contributed by atoms with Gasteiger partial charge in [0.15, 0.2) is 5.13 Å². The van der Waals surface area contributed by atoms with Gasteiger partial charge in [-0.2, -0.15) is 0 Å². The maximum absolute atomic E-state index is 12.0. The number of nitrogens with one attached hydrogen (secondary N) is 2. The van der Waals surface area contributed by atoms with E-state index in [1.54, 1.807) is 0 Å². The molecule has 0 radical (unpaired) electrons. The highest BCUT2D eigenvalue weighted by Crippen LogP contribution is 2.27. The molecular formula is C15H18ClN3OS. The highest BCUT2D eigenvalue weighted by molar-refractivity contribution is 7.14. The molecule has 1 aromatic carbocycles. The fourth-order valence-electron chi connectivity index (χ4n) is 2.40. The number of halogens is 1. The summed E-state index contributed by atoms with van der Waals surface area (Å²) in [6, 6.07) is 8.14. The molecule has 3 rings (SSSR count). The minimum Gasteiger partial charge on any atom is -0.316 e. The van der Waals surface area contributed by atoms with Crippen molar-refractivity contribution in [2.75, 3.05) is 18.4 Å². The van der Waals surface area contributed by atoms with Gasteiger partial charge in [0.25, 0.3) is 0 Å². The highest BCUT2D eigenvalue weighted by Gasteiger charge is 2.23. The number of amides is 1. The predicted octanol–water partition coefficient (Wildman–Crippen LogP) is 3.09. The molecule has 0 aliphatic carbocycles. The molecular weight excluding hydrogens is 306 g/mol. The first-order valence-corrected chi connectivity index (χ1v) is 7.65. The number of aromatic nitrogens is 1. The molecule has 2 heterocycles. The van der Waals surface area contributed by atoms with E-state index in [1.807, 2.05) is 17.5 Å². The zero-order chi connectivity index (χ0) is 13.9. The molecule has 4 nitrogen and oxygen atoms in total. The Morgan fingerprint density at radius 2 is 2.24 bits per heavy atom. The van der Waals surface area contributed by atoms with E-state index >= 15 is 0 Å². The van der Waals surface area contributed by atoms with Crippen LogP contribution in [0, 0.1) is 12.8 Å². The van der Waals surface area contributed by atoms with Gasteiger partial charge in [-0.05, 0) is 25.5 Å². The van der Waals surface area contributed by atoms with Crippen molar-refractivity contribution < 1.29 is 4.79 Å². The molecule has 1 atom stereocenters. The van der Waals surface area contributed by atoms with Crippen molar-refractivity contribution >= 4 is 34.8 Å². The summed E-state index contributed by atoms with van der Waals surface area (Å²) < 4.78 is 0. The van der Waals surface area contributed by atoms with Crippen molar-refractivity contribution in [1.29, 1.82) is 0 Å². The second-order valence-electron chi connectivity index (χ2n) is 5.03. The number of rotatable bonds is 3. The fourth-order valence-corrected chi connectivity index (χ4v) is 3.11. The van der Waals surface area contributed by atoms with Gasteiger partial charge >= 0.3 is 0 Å². The molecule has 2 aromatic rings. The van der Waals surface area contributed by atoms with Crippen LogP contribution in [-0.2, 0) is 4.79 Å². The Morgan fingerprint density at radius 3 is 2.95 bits per heavy atom. The van der Waals surface area contributed by atoms with Crippen LogP contribution >= 0.6 is 23.7 Å². The lowest BCUT2D eigenvalue weighted by molar-refractivity contribution is -0.119. The van der Waals surface area contributed by atoms with Crippen molar-refractivity contribution in [3.8, 4) is 11.3 Å². The summed E-state index contributed by atoms with van der Waals surface area (Å²) >= 11 is 1.48. The zero-order valence-corrected chi connectivity index (χ0v) is 13.4. The van der Waals surface area contributed by atoms with E-state index in [9.17, 15) is 4.79 Å². The Labute approximate surface area is 134 Å². The number of nitrogens with zero attached hydrogens (tertiary/aromatic N) is 1. The van der Waals surface area contributed by atoms with Crippen molar-refractivity contribution in [3.05, 3.63) is 35.2 Å². The van der Waals surface area contributed by atoms with Crippen molar-refractivity contribution in [3.63, 3.8) is 0 Å². The normalized spacial score (nSPS) is 17.3. The topological polar surface area (TPSA) is 54.0 Å². The van der Waals surface area contributed by atoms with Crippen molar-refractivity contribution in [2.24, 2.45) is 5.92 Å². The first-order chi connectivity index (χ1) is 9.74. The van der Waals surface area contributed by atoms with Gasteiger partial charge < -0.3 is 10.6 Å². The summed E-state index contributed by atoms with van der Waals surface area (Å²) in [5.41, 5.74) is 3.23. The molecule has 1 saturated heterocycles. The van der Waals surface area contributed by atoms with E-state index in [4.69, 9.17) is 0 Å². The van der Waals surface area contributed by atoms with Crippen LogP contribution in [0.1, 0.15) is 12.0 Å². The summed E-state index contributed by atoms with van der Waals surface area (Å²) in [5.74, 6) is 0.140. The molecule has 0 saturated carbocycles. The molecule has 1 amide bonds. The minimum absolute atomic E-state index is 0. The summed E-state index contributed by atoms with van der Waals surface area (Å²) in [7, 11) is 0. The van der Waals surface area contributed by atoms with Crippen LogP contribution in [0.15, 0.2) is 29.6 Å². The van der Waals surface area contributed by atoms with E-state index < -0.39 is 0 Å². The van der Waals surface area contributed by atoms with E-state index in [-0.39, 0.29) is 24.2 Å². The van der Waals surface area contributed by atoms with Gasteiger partial charge in [0.2, 0.25) is 5.91 Å². The van der Waals surface area contributed by atoms with Crippen LogP contribution in [-0.4, -0.2) is 24.0 Å². The van der Waals surface area contributed by atoms with Crippen molar-refractivity contribution in [2.45, 2.75) is 13.3 Å². The smallest absolute Gasteiger partial charge is 0.230 e. The van der Waals surface area contributed by atoms with Gasteiger partial charge in [0.1, 0.15) is 0 Å². The third-order valence-corrected chi connectivity index (χ3v) is 4.34. The van der Waals surface area contributed by atoms with E-state index in [0.717, 1.165) is 30.8 Å². The number of carbonyl (C=O) groups excluding carboxylic acids is 1. The SMILES string of the molecule is Cc1ccccc1-c1csc(NC(=O)C2CCNC2)n1.Cl. The third kappa shape index (κ3) is 3.61. The second-order valence-corrected chi connectivity index (χ2v) is 5.89. The van der Waals surface area contributed by atoms with E-state index in [0.29, 0.717) is 5.13 Å². The number of hydrogen-bond donors (Lipinski definition) is 2. The Bertz CT molecular complexity index is 623. The molecule has 1 fully saturated rings. The monoisotopic (exact) mass is 323 g/mol. The van der Waals surface area contributed by atoms with E-state index in [1.165, 1.54) is 16.9 Å². The minimum atomic E-state index is 0. The van der Waals surface area contributed by atoms with Crippen LogP contribution in [0.3, 0.4) is 0 Å². The number of anilines is 1. The summed E-state index contributed by atoms with van der Waals surface area (Å²) in [6.45, 7) is 3.75. The van der Waals surface area contributed by atoms with E-state index in [2.05, 4.69) is 34.7 Å². The standard InChI is InChI=1S/C15H17N3OS.ClH/c1-10-4-2-3-5-12(10)13-9-20-15(17-13)18-14(19)11-6-7-16-8-11;/h2-5,9,11,16H,6-8H2,1H3,(H,17,18,19);1H. The molecule has 2 N–H and O–H groups in total. The van der Waals surface area contributed by atoms with Crippen LogP contribution in [0.25, 0.3) is 11.3 Å². The quantitative estimate of drug-likeness (QED) is 0.912.